The van der Waals surface area contributed by atoms with Crippen molar-refractivity contribution in [2.45, 2.75) is 31.7 Å². The Morgan fingerprint density at radius 2 is 1.86 bits per heavy atom. The molecule has 1 aromatic carbocycles. The fourth-order valence-electron chi connectivity index (χ4n) is 1.84. The van der Waals surface area contributed by atoms with E-state index in [4.69, 9.17) is 0 Å². The van der Waals surface area contributed by atoms with Crippen molar-refractivity contribution in [2.24, 2.45) is 0 Å². The fraction of sp³-hybridized carbons (Fsp3) is 0.357. The summed E-state index contributed by atoms with van der Waals surface area (Å²) in [5.41, 5.74) is 1.68. The molecule has 2 aromatic rings. The molecule has 0 atom stereocenters. The number of rotatable bonds is 6. The molecule has 1 heterocycles. The van der Waals surface area contributed by atoms with Gasteiger partial charge in [-0.3, -0.25) is 4.68 Å². The molecule has 0 spiro atoms. The summed E-state index contributed by atoms with van der Waals surface area (Å²) < 4.78 is 28.0. The molecule has 0 radical (unpaired) electrons. The summed E-state index contributed by atoms with van der Waals surface area (Å²) >= 11 is 0. The summed E-state index contributed by atoms with van der Waals surface area (Å²) in [6.07, 6.45) is 3.65. The highest BCUT2D eigenvalue weighted by Gasteiger charge is 2.12. The van der Waals surface area contributed by atoms with Crippen LogP contribution in [0, 0.1) is 0 Å². The van der Waals surface area contributed by atoms with Crippen LogP contribution in [0.25, 0.3) is 0 Å². The van der Waals surface area contributed by atoms with Gasteiger partial charge in [0.1, 0.15) is 0 Å². The molecule has 0 aliphatic rings. The van der Waals surface area contributed by atoms with Crippen LogP contribution < -0.4 is 10.0 Å². The third-order valence-corrected chi connectivity index (χ3v) is 4.48. The third-order valence-electron chi connectivity index (χ3n) is 2.92. The average molecular weight is 308 g/mol. The summed E-state index contributed by atoms with van der Waals surface area (Å²) in [5, 5.41) is 7.43. The Balaban J connectivity index is 2.12. The Bertz CT molecular complexity index is 690. The molecule has 2 rings (SSSR count). The van der Waals surface area contributed by atoms with Crippen molar-refractivity contribution in [3.05, 3.63) is 36.7 Å². The first-order chi connectivity index (χ1) is 9.92. The second kappa shape index (κ2) is 6.28. The van der Waals surface area contributed by atoms with Crippen molar-refractivity contribution in [1.82, 2.24) is 14.5 Å². The molecule has 0 saturated heterocycles. The lowest BCUT2D eigenvalue weighted by Crippen LogP contribution is -2.22. The zero-order chi connectivity index (χ0) is 15.5. The van der Waals surface area contributed by atoms with Gasteiger partial charge in [0.05, 0.1) is 16.8 Å². The summed E-state index contributed by atoms with van der Waals surface area (Å²) in [5.74, 6) is 0. The highest BCUT2D eigenvalue weighted by atomic mass is 32.2. The van der Waals surface area contributed by atoms with E-state index in [-0.39, 0.29) is 4.90 Å². The normalized spacial score (nSPS) is 11.8. The van der Waals surface area contributed by atoms with Gasteiger partial charge >= 0.3 is 0 Å². The molecule has 2 N–H and O–H groups in total. The molecular weight excluding hydrogens is 288 g/mol. The molecule has 6 nitrogen and oxygen atoms in total. The van der Waals surface area contributed by atoms with Crippen LogP contribution in [0.2, 0.25) is 0 Å². The second-order valence-electron chi connectivity index (χ2n) is 4.95. The summed E-state index contributed by atoms with van der Waals surface area (Å²) in [6, 6.07) is 6.92. The number of nitrogens with zero attached hydrogens (tertiary/aromatic N) is 2. The number of hydrogen-bond donors (Lipinski definition) is 2. The van der Waals surface area contributed by atoms with Crippen LogP contribution in [-0.4, -0.2) is 24.7 Å². The van der Waals surface area contributed by atoms with Crippen LogP contribution in [-0.2, 0) is 10.0 Å². The van der Waals surface area contributed by atoms with Crippen LogP contribution in [0.1, 0.15) is 26.8 Å². The Kier molecular flexibility index (Phi) is 4.64. The van der Waals surface area contributed by atoms with Crippen molar-refractivity contribution < 1.29 is 8.42 Å². The predicted molar refractivity (Wildman–Crippen MR) is 83.2 cm³/mol. The standard InChI is InChI=1S/C14H20N4O2S/c1-4-16-21(19,20)14-7-5-12(6-8-14)17-13-9-15-18(10-13)11(2)3/h5-11,16-17H,4H2,1-3H3. The van der Waals surface area contributed by atoms with Gasteiger partial charge in [-0.25, -0.2) is 13.1 Å². The molecule has 114 valence electrons. The van der Waals surface area contributed by atoms with Gasteiger partial charge in [0.2, 0.25) is 10.0 Å². The lowest BCUT2D eigenvalue weighted by atomic mass is 10.3. The molecule has 0 unspecified atom stereocenters. The smallest absolute Gasteiger partial charge is 0.240 e. The third kappa shape index (κ3) is 3.83. The number of nitrogens with one attached hydrogen (secondary N) is 2. The van der Waals surface area contributed by atoms with E-state index in [1.165, 1.54) is 0 Å². The van der Waals surface area contributed by atoms with Crippen LogP contribution in [0.3, 0.4) is 0 Å². The highest BCUT2D eigenvalue weighted by Crippen LogP contribution is 2.19. The molecule has 0 amide bonds. The summed E-state index contributed by atoms with van der Waals surface area (Å²) in [6.45, 7) is 6.23. The number of aromatic nitrogens is 2. The molecule has 21 heavy (non-hydrogen) atoms. The minimum atomic E-state index is -3.40. The number of benzene rings is 1. The summed E-state index contributed by atoms with van der Waals surface area (Å²) in [7, 11) is -3.40. The first kappa shape index (κ1) is 15.5. The van der Waals surface area contributed by atoms with Gasteiger partial charge in [-0.15, -0.1) is 0 Å². The minimum Gasteiger partial charge on any atom is -0.353 e. The van der Waals surface area contributed by atoms with Gasteiger partial charge in [0.25, 0.3) is 0 Å². The minimum absolute atomic E-state index is 0.257. The van der Waals surface area contributed by atoms with E-state index in [2.05, 4.69) is 29.0 Å². The molecular formula is C14H20N4O2S. The number of sulfonamides is 1. The molecule has 0 saturated carbocycles. The van der Waals surface area contributed by atoms with E-state index >= 15 is 0 Å². The van der Waals surface area contributed by atoms with Crippen LogP contribution in [0.4, 0.5) is 11.4 Å². The van der Waals surface area contributed by atoms with E-state index in [1.54, 1.807) is 37.4 Å². The van der Waals surface area contributed by atoms with E-state index in [9.17, 15) is 8.42 Å². The van der Waals surface area contributed by atoms with Crippen LogP contribution in [0.5, 0.6) is 0 Å². The van der Waals surface area contributed by atoms with Gasteiger partial charge in [0.15, 0.2) is 0 Å². The van der Waals surface area contributed by atoms with Gasteiger partial charge in [0, 0.05) is 24.5 Å². The van der Waals surface area contributed by atoms with E-state index in [0.717, 1.165) is 11.4 Å². The van der Waals surface area contributed by atoms with E-state index in [0.29, 0.717) is 12.6 Å². The largest absolute Gasteiger partial charge is 0.353 e. The maximum absolute atomic E-state index is 11.8. The zero-order valence-corrected chi connectivity index (χ0v) is 13.2. The molecule has 0 fully saturated rings. The molecule has 0 bridgehead atoms. The SMILES string of the molecule is CCNS(=O)(=O)c1ccc(Nc2cnn(C(C)C)c2)cc1. The first-order valence-electron chi connectivity index (χ1n) is 6.83. The van der Waals surface area contributed by atoms with Crippen LogP contribution >= 0.6 is 0 Å². The highest BCUT2D eigenvalue weighted by molar-refractivity contribution is 7.89. The Labute approximate surface area is 125 Å². The van der Waals surface area contributed by atoms with Crippen molar-refractivity contribution in [3.8, 4) is 0 Å². The van der Waals surface area contributed by atoms with Crippen molar-refractivity contribution >= 4 is 21.4 Å². The van der Waals surface area contributed by atoms with Crippen LogP contribution in [0.15, 0.2) is 41.6 Å². The van der Waals surface area contributed by atoms with Gasteiger partial charge in [-0.05, 0) is 38.1 Å². The maximum Gasteiger partial charge on any atom is 0.240 e. The Morgan fingerprint density at radius 3 is 2.38 bits per heavy atom. The fourth-order valence-corrected chi connectivity index (χ4v) is 2.88. The van der Waals surface area contributed by atoms with Crippen molar-refractivity contribution in [2.75, 3.05) is 11.9 Å². The second-order valence-corrected chi connectivity index (χ2v) is 6.72. The zero-order valence-electron chi connectivity index (χ0n) is 12.4. The number of hydrogen-bond acceptors (Lipinski definition) is 4. The van der Waals surface area contributed by atoms with Gasteiger partial charge in [-0.1, -0.05) is 6.92 Å². The maximum atomic E-state index is 11.8. The monoisotopic (exact) mass is 308 g/mol. The quantitative estimate of drug-likeness (QED) is 0.859. The predicted octanol–water partition coefficient (Wildman–Crippen LogP) is 2.51. The molecule has 0 aliphatic heterocycles. The van der Waals surface area contributed by atoms with Gasteiger partial charge in [-0.2, -0.15) is 5.10 Å². The van der Waals surface area contributed by atoms with E-state index < -0.39 is 10.0 Å². The Morgan fingerprint density at radius 1 is 1.19 bits per heavy atom. The first-order valence-corrected chi connectivity index (χ1v) is 8.31. The van der Waals surface area contributed by atoms with Crippen molar-refractivity contribution in [1.29, 1.82) is 0 Å². The average Bonchev–Trinajstić information content (AvgIpc) is 2.88. The lowest BCUT2D eigenvalue weighted by molar-refractivity contribution is 0.532. The lowest BCUT2D eigenvalue weighted by Gasteiger charge is -2.07. The Hall–Kier alpha value is -1.86. The molecule has 0 aliphatic carbocycles. The van der Waals surface area contributed by atoms with Crippen molar-refractivity contribution in [3.63, 3.8) is 0 Å². The topological polar surface area (TPSA) is 76.0 Å². The van der Waals surface area contributed by atoms with Gasteiger partial charge < -0.3 is 5.32 Å². The summed E-state index contributed by atoms with van der Waals surface area (Å²) in [4.78, 5) is 0.257. The van der Waals surface area contributed by atoms with E-state index in [1.807, 2.05) is 10.9 Å². The molecule has 7 heteroatoms. The molecule has 1 aromatic heterocycles. The number of anilines is 2.